The SMILES string of the molecule is COCCN1C(=O)C(c2ncc(C#Cc3cc(F)ccc3F)cn2)[C@H]2CCC[C@@H]21. The predicted octanol–water partition coefficient (Wildman–Crippen LogP) is 2.90. The summed E-state index contributed by atoms with van der Waals surface area (Å²) in [7, 11) is 1.63. The number of aromatic nitrogens is 2. The number of hydrogen-bond acceptors (Lipinski definition) is 4. The van der Waals surface area contributed by atoms with E-state index >= 15 is 0 Å². The standard InChI is InChI=1S/C22H21F2N3O2/c1-29-10-9-27-19-4-2-3-17(19)20(22(27)28)21-25-12-14(13-26-21)5-6-15-11-16(23)7-8-18(15)24/h7-8,11-13,17,19-20H,2-4,9-10H2,1H3/t17-,19-,20?/m0/s1. The number of benzene rings is 1. The van der Waals surface area contributed by atoms with Gasteiger partial charge in [-0.2, -0.15) is 0 Å². The molecule has 29 heavy (non-hydrogen) atoms. The van der Waals surface area contributed by atoms with Crippen LogP contribution in [-0.2, 0) is 9.53 Å². The van der Waals surface area contributed by atoms with Crippen molar-refractivity contribution < 1.29 is 18.3 Å². The Morgan fingerprint density at radius 2 is 2.00 bits per heavy atom. The van der Waals surface area contributed by atoms with Gasteiger partial charge < -0.3 is 9.64 Å². The summed E-state index contributed by atoms with van der Waals surface area (Å²) in [6.45, 7) is 1.09. The topological polar surface area (TPSA) is 55.3 Å². The van der Waals surface area contributed by atoms with Crippen LogP contribution in [0, 0.1) is 29.4 Å². The Morgan fingerprint density at radius 3 is 2.76 bits per heavy atom. The van der Waals surface area contributed by atoms with E-state index in [1.54, 1.807) is 7.11 Å². The molecule has 3 atom stereocenters. The van der Waals surface area contributed by atoms with Crippen LogP contribution in [0.25, 0.3) is 0 Å². The molecule has 1 unspecified atom stereocenters. The van der Waals surface area contributed by atoms with Crippen molar-refractivity contribution in [2.45, 2.75) is 31.2 Å². The van der Waals surface area contributed by atoms with E-state index in [0.29, 0.717) is 24.5 Å². The van der Waals surface area contributed by atoms with E-state index in [-0.39, 0.29) is 29.3 Å². The molecule has 150 valence electrons. The minimum absolute atomic E-state index is 0.0253. The highest BCUT2D eigenvalue weighted by Gasteiger charge is 2.51. The monoisotopic (exact) mass is 397 g/mol. The summed E-state index contributed by atoms with van der Waals surface area (Å²) in [6, 6.07) is 3.35. The van der Waals surface area contributed by atoms with Gasteiger partial charge in [-0.25, -0.2) is 18.7 Å². The molecule has 5 nitrogen and oxygen atoms in total. The van der Waals surface area contributed by atoms with Crippen molar-refractivity contribution >= 4 is 5.91 Å². The molecule has 1 aromatic heterocycles. The first-order chi connectivity index (χ1) is 14.1. The highest BCUT2D eigenvalue weighted by Crippen LogP contribution is 2.45. The molecule has 2 aromatic rings. The number of likely N-dealkylation sites (tertiary alicyclic amines) is 1. The molecule has 1 aromatic carbocycles. The van der Waals surface area contributed by atoms with Gasteiger partial charge >= 0.3 is 0 Å². The number of carbonyl (C=O) groups is 1. The quantitative estimate of drug-likeness (QED) is 0.745. The molecule has 1 amide bonds. The van der Waals surface area contributed by atoms with Crippen molar-refractivity contribution in [3.8, 4) is 11.8 Å². The van der Waals surface area contributed by atoms with Gasteiger partial charge in [-0.1, -0.05) is 18.3 Å². The number of hydrogen-bond donors (Lipinski definition) is 0. The first kappa shape index (κ1) is 19.5. The number of rotatable bonds is 4. The van der Waals surface area contributed by atoms with Crippen molar-refractivity contribution in [2.24, 2.45) is 5.92 Å². The second-order valence-electron chi connectivity index (χ2n) is 7.37. The molecule has 2 heterocycles. The molecule has 1 saturated heterocycles. The van der Waals surface area contributed by atoms with Crippen LogP contribution in [0.4, 0.5) is 8.78 Å². The largest absolute Gasteiger partial charge is 0.383 e. The Bertz CT molecular complexity index is 968. The van der Waals surface area contributed by atoms with E-state index in [0.717, 1.165) is 37.5 Å². The molecule has 2 fully saturated rings. The molecule has 1 aliphatic carbocycles. The van der Waals surface area contributed by atoms with Crippen molar-refractivity contribution in [1.29, 1.82) is 0 Å². The average molecular weight is 397 g/mol. The van der Waals surface area contributed by atoms with Crippen LogP contribution in [0.3, 0.4) is 0 Å². The first-order valence-corrected chi connectivity index (χ1v) is 9.67. The molecule has 1 saturated carbocycles. The Balaban J connectivity index is 1.54. The van der Waals surface area contributed by atoms with Crippen molar-refractivity contribution in [2.75, 3.05) is 20.3 Å². The number of amides is 1. The average Bonchev–Trinajstić information content (AvgIpc) is 3.28. The Kier molecular flexibility index (Phi) is 5.54. The molecule has 0 N–H and O–H groups in total. The van der Waals surface area contributed by atoms with Gasteiger partial charge in [0.2, 0.25) is 5.91 Å². The summed E-state index contributed by atoms with van der Waals surface area (Å²) in [5.41, 5.74) is 0.449. The van der Waals surface area contributed by atoms with Crippen LogP contribution in [0.5, 0.6) is 0 Å². The molecular formula is C22H21F2N3O2. The summed E-state index contributed by atoms with van der Waals surface area (Å²) in [6.07, 6.45) is 6.13. The number of carbonyl (C=O) groups excluding carboxylic acids is 1. The third-order valence-electron chi connectivity index (χ3n) is 5.67. The smallest absolute Gasteiger partial charge is 0.234 e. The van der Waals surface area contributed by atoms with Gasteiger partial charge in [0.05, 0.1) is 17.7 Å². The zero-order chi connectivity index (χ0) is 20.4. The van der Waals surface area contributed by atoms with Gasteiger partial charge in [-0.15, -0.1) is 0 Å². The zero-order valence-corrected chi connectivity index (χ0v) is 16.1. The fourth-order valence-corrected chi connectivity index (χ4v) is 4.33. The number of nitrogens with zero attached hydrogens (tertiary/aromatic N) is 3. The Labute approximate surface area is 168 Å². The normalized spacial score (nSPS) is 23.1. The van der Waals surface area contributed by atoms with Gasteiger partial charge in [0.1, 0.15) is 23.4 Å². The van der Waals surface area contributed by atoms with Crippen molar-refractivity contribution in [1.82, 2.24) is 14.9 Å². The maximum atomic E-state index is 13.7. The molecule has 0 spiro atoms. The first-order valence-electron chi connectivity index (χ1n) is 9.67. The number of halogens is 2. The third kappa shape index (κ3) is 3.85. The van der Waals surface area contributed by atoms with Gasteiger partial charge in [-0.3, -0.25) is 4.79 Å². The van der Waals surface area contributed by atoms with Gasteiger partial charge in [0.25, 0.3) is 0 Å². The summed E-state index contributed by atoms with van der Waals surface area (Å²) >= 11 is 0. The maximum Gasteiger partial charge on any atom is 0.234 e. The van der Waals surface area contributed by atoms with Crippen molar-refractivity contribution in [3.63, 3.8) is 0 Å². The van der Waals surface area contributed by atoms with Crippen LogP contribution >= 0.6 is 0 Å². The van der Waals surface area contributed by atoms with Crippen LogP contribution in [0.1, 0.15) is 42.1 Å². The minimum atomic E-state index is -0.587. The predicted molar refractivity (Wildman–Crippen MR) is 102 cm³/mol. The van der Waals surface area contributed by atoms with E-state index in [9.17, 15) is 13.6 Å². The molecule has 7 heteroatoms. The van der Waals surface area contributed by atoms with Crippen LogP contribution < -0.4 is 0 Å². The highest BCUT2D eigenvalue weighted by atomic mass is 19.1. The van der Waals surface area contributed by atoms with Crippen LogP contribution in [-0.4, -0.2) is 47.1 Å². The lowest BCUT2D eigenvalue weighted by atomic mass is 9.91. The molecule has 4 rings (SSSR count). The Hall–Kier alpha value is -2.85. The molecule has 2 aliphatic rings. The highest BCUT2D eigenvalue weighted by molar-refractivity contribution is 5.86. The van der Waals surface area contributed by atoms with E-state index in [2.05, 4.69) is 21.8 Å². The molecular weight excluding hydrogens is 376 g/mol. The molecule has 0 bridgehead atoms. The lowest BCUT2D eigenvalue weighted by Gasteiger charge is -2.23. The summed E-state index contributed by atoms with van der Waals surface area (Å²) in [5.74, 6) is 4.63. The lowest BCUT2D eigenvalue weighted by molar-refractivity contribution is -0.131. The second-order valence-corrected chi connectivity index (χ2v) is 7.37. The summed E-state index contributed by atoms with van der Waals surface area (Å²) in [5, 5.41) is 0. The fraction of sp³-hybridized carbons (Fsp3) is 0.409. The fourth-order valence-electron chi connectivity index (χ4n) is 4.33. The summed E-state index contributed by atoms with van der Waals surface area (Å²) in [4.78, 5) is 23.6. The van der Waals surface area contributed by atoms with Crippen molar-refractivity contribution in [3.05, 3.63) is 59.2 Å². The lowest BCUT2D eigenvalue weighted by Crippen LogP contribution is -2.36. The number of fused-ring (bicyclic) bond motifs is 1. The zero-order valence-electron chi connectivity index (χ0n) is 16.1. The summed E-state index contributed by atoms with van der Waals surface area (Å²) < 4.78 is 32.1. The van der Waals surface area contributed by atoms with E-state index in [1.807, 2.05) is 4.90 Å². The minimum Gasteiger partial charge on any atom is -0.383 e. The van der Waals surface area contributed by atoms with E-state index in [4.69, 9.17) is 4.74 Å². The molecule has 1 aliphatic heterocycles. The molecule has 0 radical (unpaired) electrons. The van der Waals surface area contributed by atoms with Crippen LogP contribution in [0.2, 0.25) is 0 Å². The number of methoxy groups -OCH3 is 1. The van der Waals surface area contributed by atoms with Gasteiger partial charge in [0, 0.05) is 32.1 Å². The van der Waals surface area contributed by atoms with E-state index < -0.39 is 11.6 Å². The second kappa shape index (κ2) is 8.26. The van der Waals surface area contributed by atoms with Gasteiger partial charge in [-0.05, 0) is 37.0 Å². The van der Waals surface area contributed by atoms with E-state index in [1.165, 1.54) is 12.4 Å². The van der Waals surface area contributed by atoms with Gasteiger partial charge in [0.15, 0.2) is 0 Å². The third-order valence-corrected chi connectivity index (χ3v) is 5.67. The Morgan fingerprint density at radius 1 is 1.21 bits per heavy atom. The van der Waals surface area contributed by atoms with Crippen LogP contribution in [0.15, 0.2) is 30.6 Å². The maximum absolute atomic E-state index is 13.7. The number of ether oxygens (including phenoxy) is 1.